The number of amides is 2. The first-order valence-corrected chi connectivity index (χ1v) is 11.7. The molecule has 0 N–H and O–H groups in total. The largest absolute Gasteiger partial charge is 0.350 e. The number of hydrogen-bond donors (Lipinski definition) is 0. The van der Waals surface area contributed by atoms with Crippen molar-refractivity contribution in [1.82, 2.24) is 9.80 Å². The monoisotopic (exact) mass is 488 g/mol. The van der Waals surface area contributed by atoms with Crippen molar-refractivity contribution in [2.24, 2.45) is 0 Å². The highest BCUT2D eigenvalue weighted by molar-refractivity contribution is 7.17. The molecule has 2 aromatic carbocycles. The van der Waals surface area contributed by atoms with Crippen LogP contribution in [-0.4, -0.2) is 46.2 Å². The first kappa shape index (κ1) is 23.2. The van der Waals surface area contributed by atoms with Gasteiger partial charge >= 0.3 is 5.97 Å². The number of halogens is 2. The lowest BCUT2D eigenvalue weighted by molar-refractivity contribution is -0.184. The molecule has 1 unspecified atom stereocenters. The van der Waals surface area contributed by atoms with Crippen molar-refractivity contribution < 1.29 is 23.9 Å². The van der Waals surface area contributed by atoms with E-state index in [4.69, 9.17) is 11.6 Å². The van der Waals surface area contributed by atoms with E-state index < -0.39 is 11.5 Å². The van der Waals surface area contributed by atoms with Crippen LogP contribution in [0.5, 0.6) is 0 Å². The third kappa shape index (κ3) is 4.58. The van der Waals surface area contributed by atoms with E-state index in [1.807, 2.05) is 35.7 Å². The molecule has 3 aromatic rings. The van der Waals surface area contributed by atoms with Gasteiger partial charge in [0.1, 0.15) is 5.54 Å². The summed E-state index contributed by atoms with van der Waals surface area (Å²) >= 11 is 7.56. The summed E-state index contributed by atoms with van der Waals surface area (Å²) in [6, 6.07) is 14.7. The summed E-state index contributed by atoms with van der Waals surface area (Å²) in [5, 5.41) is 3.19. The van der Waals surface area contributed by atoms with Crippen LogP contribution in [0.2, 0.25) is 5.02 Å². The molecule has 1 saturated heterocycles. The summed E-state index contributed by atoms with van der Waals surface area (Å²) in [5.74, 6) is -1.58. The molecule has 9 heteroatoms. The third-order valence-electron chi connectivity index (χ3n) is 6.06. The highest BCUT2D eigenvalue weighted by Gasteiger charge is 2.51. The van der Waals surface area contributed by atoms with Crippen LogP contribution in [0.25, 0.3) is 10.1 Å². The zero-order valence-electron chi connectivity index (χ0n) is 17.9. The van der Waals surface area contributed by atoms with Crippen molar-refractivity contribution in [1.29, 1.82) is 0 Å². The average molecular weight is 489 g/mol. The lowest BCUT2D eigenvalue weighted by Crippen LogP contribution is -2.67. The van der Waals surface area contributed by atoms with Crippen molar-refractivity contribution in [3.8, 4) is 0 Å². The lowest BCUT2D eigenvalue weighted by Gasteiger charge is -2.50. The Morgan fingerprint density at radius 3 is 2.70 bits per heavy atom. The quantitative estimate of drug-likeness (QED) is 0.469. The smallest absolute Gasteiger partial charge is 0.336 e. The average Bonchev–Trinajstić information content (AvgIpc) is 3.24. The molecule has 1 aliphatic heterocycles. The predicted molar refractivity (Wildman–Crippen MR) is 125 cm³/mol. The summed E-state index contributed by atoms with van der Waals surface area (Å²) in [5.41, 5.74) is 0.254. The fraction of sp³-hybridized carbons (Fsp3) is 0.292. The molecule has 2 heterocycles. The van der Waals surface area contributed by atoms with E-state index in [-0.39, 0.29) is 31.3 Å². The summed E-state index contributed by atoms with van der Waals surface area (Å²) < 4.78 is 13.3. The maximum Gasteiger partial charge on any atom is 0.350 e. The van der Waals surface area contributed by atoms with Gasteiger partial charge in [-0.15, -0.1) is 11.3 Å². The van der Waals surface area contributed by atoms with Crippen LogP contribution in [0.3, 0.4) is 0 Å². The fourth-order valence-electron chi connectivity index (χ4n) is 4.11. The van der Waals surface area contributed by atoms with Crippen molar-refractivity contribution in [3.05, 3.63) is 70.1 Å². The number of fused-ring (bicyclic) bond motifs is 1. The molecule has 6 nitrogen and oxygen atoms in total. The second-order valence-corrected chi connectivity index (χ2v) is 9.53. The van der Waals surface area contributed by atoms with E-state index in [9.17, 15) is 18.9 Å². The number of hydrogen-bond acceptors (Lipinski definition) is 5. The van der Waals surface area contributed by atoms with Gasteiger partial charge in [0.05, 0.1) is 12.0 Å². The van der Waals surface area contributed by atoms with Crippen molar-refractivity contribution in [3.63, 3.8) is 0 Å². The Balaban J connectivity index is 1.58. The zero-order chi connectivity index (χ0) is 23.6. The van der Waals surface area contributed by atoms with Crippen LogP contribution >= 0.6 is 22.9 Å². The number of thiophene rings is 1. The van der Waals surface area contributed by atoms with Gasteiger partial charge in [0.25, 0.3) is 5.91 Å². The normalized spacial score (nSPS) is 17.5. The van der Waals surface area contributed by atoms with E-state index in [0.717, 1.165) is 15.6 Å². The fourth-order valence-corrected chi connectivity index (χ4v) is 5.26. The number of likely N-dealkylation sites (tertiary alicyclic amines) is 1. The first-order valence-electron chi connectivity index (χ1n) is 10.5. The van der Waals surface area contributed by atoms with E-state index >= 15 is 0 Å². The Bertz CT molecular complexity index is 1220. The van der Waals surface area contributed by atoms with Gasteiger partial charge < -0.3 is 9.80 Å². The van der Waals surface area contributed by atoms with Crippen LogP contribution in [0.1, 0.15) is 35.7 Å². The number of rotatable bonds is 7. The molecular formula is C24H22ClFN2O4S. The molecule has 0 saturated carbocycles. The second-order valence-electron chi connectivity index (χ2n) is 8.18. The zero-order valence-corrected chi connectivity index (χ0v) is 19.5. The summed E-state index contributed by atoms with van der Waals surface area (Å²) in [4.78, 5) is 44.7. The molecule has 33 heavy (non-hydrogen) atoms. The molecule has 0 bridgehead atoms. The predicted octanol–water partition coefficient (Wildman–Crippen LogP) is 5.01. The van der Waals surface area contributed by atoms with E-state index in [1.54, 1.807) is 30.0 Å². The van der Waals surface area contributed by atoms with Crippen molar-refractivity contribution in [2.45, 2.75) is 31.8 Å². The Hall–Kier alpha value is -2.97. The van der Waals surface area contributed by atoms with Crippen LogP contribution in [0.4, 0.5) is 4.53 Å². The molecule has 0 aliphatic carbocycles. The molecule has 172 valence electrons. The lowest BCUT2D eigenvalue weighted by atomic mass is 9.84. The van der Waals surface area contributed by atoms with Crippen LogP contribution in [0.15, 0.2) is 53.9 Å². The molecule has 1 atom stereocenters. The molecule has 4 rings (SSSR count). The molecular weight excluding hydrogens is 467 g/mol. The van der Waals surface area contributed by atoms with Crippen LogP contribution in [-0.2, 0) is 21.1 Å². The summed E-state index contributed by atoms with van der Waals surface area (Å²) in [6.07, 6.45) is 0.182. The van der Waals surface area contributed by atoms with E-state index in [2.05, 4.69) is 4.94 Å². The van der Waals surface area contributed by atoms with Crippen LogP contribution in [0, 0.1) is 0 Å². The molecule has 1 aliphatic rings. The van der Waals surface area contributed by atoms with Crippen LogP contribution < -0.4 is 0 Å². The van der Waals surface area contributed by atoms with Gasteiger partial charge in [-0.25, -0.2) is 4.79 Å². The highest BCUT2D eigenvalue weighted by Crippen LogP contribution is 2.36. The second kappa shape index (κ2) is 9.49. The minimum Gasteiger partial charge on any atom is -0.336 e. The summed E-state index contributed by atoms with van der Waals surface area (Å²) in [7, 11) is 0. The molecule has 1 fully saturated rings. The number of benzene rings is 2. The molecule has 0 radical (unpaired) electrons. The maximum atomic E-state index is 13.6. The Kier molecular flexibility index (Phi) is 6.67. The molecule has 1 aromatic heterocycles. The maximum absolute atomic E-state index is 13.6. The van der Waals surface area contributed by atoms with Gasteiger partial charge in [-0.2, -0.15) is 0 Å². The van der Waals surface area contributed by atoms with Gasteiger partial charge in [0.2, 0.25) is 5.91 Å². The number of carbonyl (C=O) groups excluding carboxylic acids is 3. The highest BCUT2D eigenvalue weighted by atomic mass is 35.5. The van der Waals surface area contributed by atoms with Gasteiger partial charge in [0, 0.05) is 44.6 Å². The Labute approximate surface area is 199 Å². The SMILES string of the molecule is CC1(C(=O)N(CCC(=O)OF)Cc2cccc(Cl)c2)CCN1C(=O)c1csc2ccccc12. The van der Waals surface area contributed by atoms with Gasteiger partial charge in [-0.3, -0.25) is 14.5 Å². The summed E-state index contributed by atoms with van der Waals surface area (Å²) in [6.45, 7) is 2.29. The number of carbonyl (C=O) groups is 3. The first-order chi connectivity index (χ1) is 15.8. The van der Waals surface area contributed by atoms with Gasteiger partial charge in [0.15, 0.2) is 0 Å². The van der Waals surface area contributed by atoms with Gasteiger partial charge in [-0.1, -0.05) is 41.9 Å². The van der Waals surface area contributed by atoms with Gasteiger partial charge in [-0.05, 0) is 37.1 Å². The molecule has 0 spiro atoms. The minimum atomic E-state index is -1.07. The van der Waals surface area contributed by atoms with E-state index in [0.29, 0.717) is 23.6 Å². The third-order valence-corrected chi connectivity index (χ3v) is 7.26. The van der Waals surface area contributed by atoms with Crippen molar-refractivity contribution in [2.75, 3.05) is 13.1 Å². The topological polar surface area (TPSA) is 66.9 Å². The Morgan fingerprint density at radius 2 is 2.00 bits per heavy atom. The standard InChI is InChI=1S/C24H22ClFN2O4S/c1-24(10-12-28(24)22(30)19-15-33-20-8-3-2-7-18(19)20)23(31)27(11-9-21(29)32-26)14-16-5-4-6-17(25)13-16/h2-8,13,15H,9-12,14H2,1H3. The minimum absolute atomic E-state index is 0.0485. The van der Waals surface area contributed by atoms with Crippen molar-refractivity contribution >= 4 is 50.8 Å². The Morgan fingerprint density at radius 1 is 1.21 bits per heavy atom. The van der Waals surface area contributed by atoms with E-state index in [1.165, 1.54) is 16.2 Å². The molecule has 2 amide bonds. The number of nitrogens with zero attached hydrogens (tertiary/aromatic N) is 2.